The van der Waals surface area contributed by atoms with Crippen LogP contribution in [0, 0.1) is 5.92 Å². The Hall–Kier alpha value is -2.37. The number of hydrogen-bond acceptors (Lipinski definition) is 3. The number of likely N-dealkylation sites (tertiary alicyclic amines) is 1. The highest BCUT2D eigenvalue weighted by atomic mass is 16.4. The molecule has 2 rings (SSSR count). The third-order valence-electron chi connectivity index (χ3n) is 4.20. The van der Waals surface area contributed by atoms with Gasteiger partial charge in [-0.2, -0.15) is 0 Å². The minimum absolute atomic E-state index is 0.0265. The molecule has 23 heavy (non-hydrogen) atoms. The topological polar surface area (TPSA) is 86.7 Å². The molecule has 0 aromatic heterocycles. The Kier molecular flexibility index (Phi) is 5.73. The van der Waals surface area contributed by atoms with Crippen molar-refractivity contribution in [3.8, 4) is 0 Å². The van der Waals surface area contributed by atoms with Crippen LogP contribution in [0.2, 0.25) is 0 Å². The van der Waals surface area contributed by atoms with Crippen LogP contribution in [-0.4, -0.2) is 46.9 Å². The van der Waals surface area contributed by atoms with E-state index in [1.54, 1.807) is 24.0 Å². The molecule has 2 amide bonds. The summed E-state index contributed by atoms with van der Waals surface area (Å²) < 4.78 is 0. The van der Waals surface area contributed by atoms with E-state index in [1.807, 2.05) is 18.2 Å². The molecule has 0 aliphatic carbocycles. The number of benzene rings is 1. The molecule has 0 radical (unpaired) electrons. The second-order valence-corrected chi connectivity index (χ2v) is 5.74. The molecule has 6 nitrogen and oxygen atoms in total. The van der Waals surface area contributed by atoms with Crippen LogP contribution in [0.15, 0.2) is 30.3 Å². The van der Waals surface area contributed by atoms with E-state index in [9.17, 15) is 14.4 Å². The average Bonchev–Trinajstić information content (AvgIpc) is 2.59. The summed E-state index contributed by atoms with van der Waals surface area (Å²) in [6, 6.07) is 8.22. The van der Waals surface area contributed by atoms with E-state index >= 15 is 0 Å². The average molecular weight is 318 g/mol. The van der Waals surface area contributed by atoms with Gasteiger partial charge in [-0.1, -0.05) is 25.1 Å². The van der Waals surface area contributed by atoms with Crippen molar-refractivity contribution >= 4 is 17.8 Å². The van der Waals surface area contributed by atoms with Gasteiger partial charge in [0.15, 0.2) is 0 Å². The number of rotatable bonds is 5. The smallest absolute Gasteiger partial charge is 0.326 e. The Morgan fingerprint density at radius 1 is 1.22 bits per heavy atom. The molecule has 1 fully saturated rings. The van der Waals surface area contributed by atoms with Gasteiger partial charge in [-0.25, -0.2) is 4.79 Å². The molecular weight excluding hydrogens is 296 g/mol. The van der Waals surface area contributed by atoms with E-state index in [-0.39, 0.29) is 17.7 Å². The fourth-order valence-electron chi connectivity index (χ4n) is 2.74. The van der Waals surface area contributed by atoms with E-state index < -0.39 is 12.0 Å². The molecular formula is C17H22N2O4. The predicted octanol–water partition coefficient (Wildman–Crippen LogP) is 1.52. The molecule has 0 bridgehead atoms. The zero-order valence-corrected chi connectivity index (χ0v) is 13.2. The van der Waals surface area contributed by atoms with Crippen molar-refractivity contribution in [1.82, 2.24) is 10.2 Å². The zero-order chi connectivity index (χ0) is 16.8. The van der Waals surface area contributed by atoms with Crippen molar-refractivity contribution in [1.29, 1.82) is 0 Å². The summed E-state index contributed by atoms with van der Waals surface area (Å²) in [4.78, 5) is 37.2. The number of piperidine rings is 1. The fraction of sp³-hybridized carbons (Fsp3) is 0.471. The van der Waals surface area contributed by atoms with Crippen LogP contribution < -0.4 is 5.32 Å². The van der Waals surface area contributed by atoms with Crippen LogP contribution in [-0.2, 0) is 9.59 Å². The molecule has 1 aliphatic heterocycles. The van der Waals surface area contributed by atoms with Gasteiger partial charge >= 0.3 is 5.97 Å². The van der Waals surface area contributed by atoms with E-state index in [4.69, 9.17) is 5.11 Å². The van der Waals surface area contributed by atoms with Gasteiger partial charge in [-0.15, -0.1) is 0 Å². The lowest BCUT2D eigenvalue weighted by Crippen LogP contribution is -2.47. The zero-order valence-electron chi connectivity index (χ0n) is 13.2. The minimum Gasteiger partial charge on any atom is -0.480 e. The Bertz CT molecular complexity index is 565. The van der Waals surface area contributed by atoms with Gasteiger partial charge in [0.05, 0.1) is 0 Å². The fourth-order valence-corrected chi connectivity index (χ4v) is 2.74. The van der Waals surface area contributed by atoms with Crippen LogP contribution >= 0.6 is 0 Å². The normalized spacial score (nSPS) is 16.7. The van der Waals surface area contributed by atoms with E-state index in [0.717, 1.165) is 0 Å². The molecule has 1 aliphatic rings. The first-order valence-corrected chi connectivity index (χ1v) is 7.90. The number of amides is 2. The molecule has 1 aromatic carbocycles. The second kappa shape index (κ2) is 7.76. The number of carboxylic acid groups (broad SMARTS) is 1. The highest BCUT2D eigenvalue weighted by Gasteiger charge is 2.29. The monoisotopic (exact) mass is 318 g/mol. The van der Waals surface area contributed by atoms with Gasteiger partial charge < -0.3 is 15.3 Å². The molecule has 2 N–H and O–H groups in total. The van der Waals surface area contributed by atoms with Gasteiger partial charge in [-0.05, 0) is 31.4 Å². The van der Waals surface area contributed by atoms with E-state index in [2.05, 4.69) is 5.32 Å². The van der Waals surface area contributed by atoms with Gasteiger partial charge in [0.2, 0.25) is 5.91 Å². The first-order valence-electron chi connectivity index (χ1n) is 7.90. The summed E-state index contributed by atoms with van der Waals surface area (Å²) in [5.74, 6) is -1.51. The quantitative estimate of drug-likeness (QED) is 0.862. The summed E-state index contributed by atoms with van der Waals surface area (Å²) in [6.45, 7) is 2.74. The largest absolute Gasteiger partial charge is 0.480 e. The summed E-state index contributed by atoms with van der Waals surface area (Å²) >= 11 is 0. The molecule has 0 saturated carbocycles. The number of hydrogen-bond donors (Lipinski definition) is 2. The van der Waals surface area contributed by atoms with Crippen molar-refractivity contribution in [3.63, 3.8) is 0 Å². The maximum absolute atomic E-state index is 12.3. The molecule has 0 spiro atoms. The van der Waals surface area contributed by atoms with Crippen LogP contribution in [0.25, 0.3) is 0 Å². The molecule has 1 unspecified atom stereocenters. The molecule has 1 heterocycles. The highest BCUT2D eigenvalue weighted by Crippen LogP contribution is 2.19. The van der Waals surface area contributed by atoms with Gasteiger partial charge in [0.1, 0.15) is 6.04 Å². The Balaban J connectivity index is 1.87. The molecule has 124 valence electrons. The first kappa shape index (κ1) is 17.0. The second-order valence-electron chi connectivity index (χ2n) is 5.74. The molecule has 1 saturated heterocycles. The Morgan fingerprint density at radius 2 is 1.83 bits per heavy atom. The SMILES string of the molecule is CCC(NC(=O)C1CCN(C(=O)c2ccccc2)CC1)C(=O)O. The standard InChI is InChI=1S/C17H22N2O4/c1-2-14(17(22)23)18-15(20)12-8-10-19(11-9-12)16(21)13-6-4-3-5-7-13/h3-7,12,14H,2,8-11H2,1H3,(H,18,20)(H,22,23). The van der Waals surface area contributed by atoms with Crippen molar-refractivity contribution in [2.24, 2.45) is 5.92 Å². The van der Waals surface area contributed by atoms with Crippen LogP contribution in [0.1, 0.15) is 36.5 Å². The van der Waals surface area contributed by atoms with Crippen LogP contribution in [0.5, 0.6) is 0 Å². The van der Waals surface area contributed by atoms with Gasteiger partial charge in [-0.3, -0.25) is 9.59 Å². The maximum atomic E-state index is 12.3. The lowest BCUT2D eigenvalue weighted by atomic mass is 9.95. The van der Waals surface area contributed by atoms with Gasteiger partial charge in [0.25, 0.3) is 5.91 Å². The van der Waals surface area contributed by atoms with E-state index in [0.29, 0.717) is 37.9 Å². The highest BCUT2D eigenvalue weighted by molar-refractivity contribution is 5.94. The molecule has 6 heteroatoms. The summed E-state index contributed by atoms with van der Waals surface area (Å²) in [6.07, 6.45) is 1.47. The third-order valence-corrected chi connectivity index (χ3v) is 4.20. The van der Waals surface area contributed by atoms with Crippen molar-refractivity contribution in [2.45, 2.75) is 32.2 Å². The number of carboxylic acids is 1. The van der Waals surface area contributed by atoms with Crippen LogP contribution in [0.4, 0.5) is 0 Å². The number of carbonyl (C=O) groups excluding carboxylic acids is 2. The predicted molar refractivity (Wildman–Crippen MR) is 84.9 cm³/mol. The van der Waals surface area contributed by atoms with Crippen molar-refractivity contribution in [2.75, 3.05) is 13.1 Å². The molecule has 1 atom stereocenters. The first-order chi connectivity index (χ1) is 11.0. The Labute approximate surface area is 135 Å². The summed E-state index contributed by atoms with van der Waals surface area (Å²) in [7, 11) is 0. The number of nitrogens with one attached hydrogen (secondary N) is 1. The molecule has 1 aromatic rings. The number of carbonyl (C=O) groups is 3. The van der Waals surface area contributed by atoms with E-state index in [1.165, 1.54) is 0 Å². The minimum atomic E-state index is -1.02. The lowest BCUT2D eigenvalue weighted by molar-refractivity contribution is -0.142. The summed E-state index contributed by atoms with van der Waals surface area (Å²) in [5.41, 5.74) is 0.646. The Morgan fingerprint density at radius 3 is 2.35 bits per heavy atom. The van der Waals surface area contributed by atoms with Gasteiger partial charge in [0, 0.05) is 24.6 Å². The lowest BCUT2D eigenvalue weighted by Gasteiger charge is -2.31. The van der Waals surface area contributed by atoms with Crippen molar-refractivity contribution < 1.29 is 19.5 Å². The summed E-state index contributed by atoms with van der Waals surface area (Å²) in [5, 5.41) is 11.6. The number of nitrogens with zero attached hydrogens (tertiary/aromatic N) is 1. The van der Waals surface area contributed by atoms with Crippen LogP contribution in [0.3, 0.4) is 0 Å². The van der Waals surface area contributed by atoms with Crippen molar-refractivity contribution in [3.05, 3.63) is 35.9 Å². The maximum Gasteiger partial charge on any atom is 0.326 e. The number of aliphatic carboxylic acids is 1. The third kappa shape index (κ3) is 4.31.